The van der Waals surface area contributed by atoms with Gasteiger partial charge in [0, 0.05) is 6.26 Å². The Labute approximate surface area is 97.6 Å². The van der Waals surface area contributed by atoms with Crippen LogP contribution in [0.3, 0.4) is 0 Å². The Morgan fingerprint density at radius 3 is 2.44 bits per heavy atom. The van der Waals surface area contributed by atoms with Crippen LogP contribution in [0.1, 0.15) is 30.4 Å². The number of hydrogen-bond acceptors (Lipinski definition) is 3. The number of benzene rings is 1. The molecule has 0 radical (unpaired) electrons. The van der Waals surface area contributed by atoms with Gasteiger partial charge in [0.1, 0.15) is 0 Å². The summed E-state index contributed by atoms with van der Waals surface area (Å²) in [6.45, 7) is 4.57. The van der Waals surface area contributed by atoms with E-state index in [0.717, 1.165) is 17.5 Å². The summed E-state index contributed by atoms with van der Waals surface area (Å²) in [4.78, 5) is 0.413. The SMILES string of the molecule is Cc1cc(C(C)CCN)ccc1S(C)(=O)=O. The molecule has 2 N–H and O–H groups in total. The summed E-state index contributed by atoms with van der Waals surface area (Å²) < 4.78 is 22.9. The fourth-order valence-electron chi connectivity index (χ4n) is 1.81. The lowest BCUT2D eigenvalue weighted by molar-refractivity contribution is 0.601. The fraction of sp³-hybridized carbons (Fsp3) is 0.500. The van der Waals surface area contributed by atoms with Crippen LogP contribution in [0.2, 0.25) is 0 Å². The van der Waals surface area contributed by atoms with Gasteiger partial charge in [-0.25, -0.2) is 8.42 Å². The molecule has 0 aliphatic rings. The number of nitrogens with two attached hydrogens (primary N) is 1. The Bertz CT molecular complexity index is 466. The zero-order chi connectivity index (χ0) is 12.3. The van der Waals surface area contributed by atoms with Gasteiger partial charge in [-0.2, -0.15) is 0 Å². The summed E-state index contributed by atoms with van der Waals surface area (Å²) in [5.41, 5.74) is 7.47. The molecule has 0 saturated heterocycles. The second-order valence-electron chi connectivity index (χ2n) is 4.28. The molecule has 90 valence electrons. The predicted octanol–water partition coefficient (Wildman–Crippen LogP) is 1.85. The zero-order valence-corrected chi connectivity index (χ0v) is 10.8. The van der Waals surface area contributed by atoms with Crippen molar-refractivity contribution in [1.29, 1.82) is 0 Å². The highest BCUT2D eigenvalue weighted by atomic mass is 32.2. The Hall–Kier alpha value is -0.870. The molecule has 16 heavy (non-hydrogen) atoms. The first-order valence-electron chi connectivity index (χ1n) is 5.37. The minimum Gasteiger partial charge on any atom is -0.330 e. The number of sulfone groups is 1. The number of aryl methyl sites for hydroxylation is 1. The summed E-state index contributed by atoms with van der Waals surface area (Å²) in [6.07, 6.45) is 2.15. The molecule has 1 atom stereocenters. The minimum atomic E-state index is -3.11. The van der Waals surface area contributed by atoms with E-state index in [1.54, 1.807) is 6.07 Å². The molecule has 0 spiro atoms. The van der Waals surface area contributed by atoms with E-state index in [9.17, 15) is 8.42 Å². The fourth-order valence-corrected chi connectivity index (χ4v) is 2.77. The van der Waals surface area contributed by atoms with Gasteiger partial charge in [-0.05, 0) is 43.0 Å². The van der Waals surface area contributed by atoms with E-state index in [1.807, 2.05) is 19.1 Å². The van der Waals surface area contributed by atoms with Crippen molar-refractivity contribution in [2.75, 3.05) is 12.8 Å². The topological polar surface area (TPSA) is 60.2 Å². The van der Waals surface area contributed by atoms with Gasteiger partial charge in [0.15, 0.2) is 9.84 Å². The van der Waals surface area contributed by atoms with E-state index in [-0.39, 0.29) is 0 Å². The van der Waals surface area contributed by atoms with Gasteiger partial charge in [0.25, 0.3) is 0 Å². The predicted molar refractivity (Wildman–Crippen MR) is 66.4 cm³/mol. The number of hydrogen-bond donors (Lipinski definition) is 1. The van der Waals surface area contributed by atoms with E-state index in [4.69, 9.17) is 5.73 Å². The first kappa shape index (κ1) is 13.2. The molecule has 0 aromatic heterocycles. The van der Waals surface area contributed by atoms with Crippen LogP contribution in [-0.4, -0.2) is 21.2 Å². The molecule has 3 nitrogen and oxygen atoms in total. The third kappa shape index (κ3) is 3.06. The van der Waals surface area contributed by atoms with Crippen LogP contribution >= 0.6 is 0 Å². The Morgan fingerprint density at radius 2 is 2.00 bits per heavy atom. The van der Waals surface area contributed by atoms with Gasteiger partial charge in [0.05, 0.1) is 4.90 Å². The highest BCUT2D eigenvalue weighted by Crippen LogP contribution is 2.23. The average Bonchev–Trinajstić information content (AvgIpc) is 2.16. The van der Waals surface area contributed by atoms with Crippen molar-refractivity contribution in [2.24, 2.45) is 5.73 Å². The third-order valence-corrected chi connectivity index (χ3v) is 4.02. The maximum Gasteiger partial charge on any atom is 0.175 e. The minimum absolute atomic E-state index is 0.373. The second kappa shape index (κ2) is 4.97. The molecular formula is C12H19NO2S. The van der Waals surface area contributed by atoms with Crippen molar-refractivity contribution >= 4 is 9.84 Å². The molecule has 1 aromatic rings. The average molecular weight is 241 g/mol. The van der Waals surface area contributed by atoms with Crippen LogP contribution in [0.15, 0.2) is 23.1 Å². The van der Waals surface area contributed by atoms with Crippen molar-refractivity contribution < 1.29 is 8.42 Å². The third-order valence-electron chi connectivity index (χ3n) is 2.77. The van der Waals surface area contributed by atoms with E-state index in [1.165, 1.54) is 6.26 Å². The molecule has 0 aliphatic carbocycles. The highest BCUT2D eigenvalue weighted by molar-refractivity contribution is 7.90. The van der Waals surface area contributed by atoms with Gasteiger partial charge >= 0.3 is 0 Å². The van der Waals surface area contributed by atoms with Gasteiger partial charge in [-0.3, -0.25) is 0 Å². The molecule has 0 heterocycles. The normalized spacial score (nSPS) is 13.8. The van der Waals surface area contributed by atoms with Gasteiger partial charge in [-0.15, -0.1) is 0 Å². The lowest BCUT2D eigenvalue weighted by atomic mass is 9.96. The zero-order valence-electron chi connectivity index (χ0n) is 10.0. The monoisotopic (exact) mass is 241 g/mol. The van der Waals surface area contributed by atoms with Crippen LogP contribution in [0.5, 0.6) is 0 Å². The Morgan fingerprint density at radius 1 is 1.38 bits per heavy atom. The highest BCUT2D eigenvalue weighted by Gasteiger charge is 2.12. The molecule has 1 unspecified atom stereocenters. The van der Waals surface area contributed by atoms with Crippen LogP contribution in [0.25, 0.3) is 0 Å². The second-order valence-corrected chi connectivity index (χ2v) is 6.26. The van der Waals surface area contributed by atoms with Crippen molar-refractivity contribution in [3.8, 4) is 0 Å². The van der Waals surface area contributed by atoms with Crippen LogP contribution in [-0.2, 0) is 9.84 Å². The molecule has 0 saturated carbocycles. The maximum atomic E-state index is 11.4. The smallest absolute Gasteiger partial charge is 0.175 e. The Balaban J connectivity index is 3.09. The van der Waals surface area contributed by atoms with Gasteiger partial charge in [-0.1, -0.05) is 19.1 Å². The van der Waals surface area contributed by atoms with Crippen molar-refractivity contribution in [2.45, 2.75) is 31.1 Å². The molecule has 0 amide bonds. The molecule has 1 aromatic carbocycles. The number of rotatable bonds is 4. The van der Waals surface area contributed by atoms with Crippen LogP contribution in [0.4, 0.5) is 0 Å². The molecule has 0 fully saturated rings. The lowest BCUT2D eigenvalue weighted by Gasteiger charge is -2.12. The lowest BCUT2D eigenvalue weighted by Crippen LogP contribution is -2.06. The first-order chi connectivity index (χ1) is 7.36. The summed E-state index contributed by atoms with van der Waals surface area (Å²) >= 11 is 0. The summed E-state index contributed by atoms with van der Waals surface area (Å²) in [7, 11) is -3.11. The van der Waals surface area contributed by atoms with Crippen LogP contribution < -0.4 is 5.73 Å². The summed E-state index contributed by atoms with van der Waals surface area (Å²) in [5.74, 6) is 0.373. The molecule has 1 rings (SSSR count). The van der Waals surface area contributed by atoms with Crippen LogP contribution in [0, 0.1) is 6.92 Å². The van der Waals surface area contributed by atoms with Crippen molar-refractivity contribution in [1.82, 2.24) is 0 Å². The van der Waals surface area contributed by atoms with E-state index in [2.05, 4.69) is 6.92 Å². The van der Waals surface area contributed by atoms with Crippen molar-refractivity contribution in [3.05, 3.63) is 29.3 Å². The largest absolute Gasteiger partial charge is 0.330 e. The van der Waals surface area contributed by atoms with E-state index in [0.29, 0.717) is 17.4 Å². The summed E-state index contributed by atoms with van der Waals surface area (Å²) in [5, 5.41) is 0. The van der Waals surface area contributed by atoms with E-state index < -0.39 is 9.84 Å². The molecule has 0 bridgehead atoms. The molecular weight excluding hydrogens is 222 g/mol. The van der Waals surface area contributed by atoms with Crippen molar-refractivity contribution in [3.63, 3.8) is 0 Å². The first-order valence-corrected chi connectivity index (χ1v) is 7.26. The summed E-state index contributed by atoms with van der Waals surface area (Å²) in [6, 6.07) is 5.51. The Kier molecular flexibility index (Phi) is 4.10. The molecule has 4 heteroatoms. The van der Waals surface area contributed by atoms with E-state index >= 15 is 0 Å². The molecule has 0 aliphatic heterocycles. The standard InChI is InChI=1S/C12H19NO2S/c1-9(6-7-13)11-4-5-12(10(2)8-11)16(3,14)15/h4-5,8-9H,6-7,13H2,1-3H3. The van der Waals surface area contributed by atoms with Gasteiger partial charge < -0.3 is 5.73 Å². The maximum absolute atomic E-state index is 11.4. The quantitative estimate of drug-likeness (QED) is 0.875. The van der Waals surface area contributed by atoms with Gasteiger partial charge in [0.2, 0.25) is 0 Å².